The van der Waals surface area contributed by atoms with E-state index in [9.17, 15) is 18.0 Å². The van der Waals surface area contributed by atoms with Crippen LogP contribution < -0.4 is 5.32 Å². The Morgan fingerprint density at radius 1 is 0.738 bits per heavy atom. The van der Waals surface area contributed by atoms with Crippen molar-refractivity contribution in [3.8, 4) is 0 Å². The standard InChI is InChI=1S/C26H38N2O6S.C23H41N3O4/c1-19-13-15-22(16-14-19)35(30,31)32-18-23-27-25(34-28-23)21(17-24(29)33-26(2,3)4)12-8-11-20-9-6-5-7-10-20;1-5-28-15-14-24-17-20-25-22(30-26-20)19(16-21(27)29-23(2,3)4)13-9-12-18-10-7-6-8-11-18/h13-16,20-21H,5-12,17-18H2,1-4H3;18-19,24H,5-17H2,1-4H3/t21-;19-/m11/s1. The molecule has 1 N–H and O–H groups in total. The Labute approximate surface area is 388 Å². The number of carbonyl (C=O) groups is 2. The van der Waals surface area contributed by atoms with Gasteiger partial charge in [0.1, 0.15) is 17.8 Å². The van der Waals surface area contributed by atoms with Crippen LogP contribution in [0, 0.1) is 18.8 Å². The number of esters is 2. The highest BCUT2D eigenvalue weighted by Gasteiger charge is 2.29. The summed E-state index contributed by atoms with van der Waals surface area (Å²) in [5.74, 6) is 2.25. The van der Waals surface area contributed by atoms with Gasteiger partial charge in [-0.05, 0) is 92.2 Å². The number of nitrogens with zero attached hydrogens (tertiary/aromatic N) is 4. The van der Waals surface area contributed by atoms with Gasteiger partial charge in [0, 0.05) is 25.0 Å². The predicted molar refractivity (Wildman–Crippen MR) is 247 cm³/mol. The van der Waals surface area contributed by atoms with Gasteiger partial charge in [-0.15, -0.1) is 0 Å². The molecule has 0 unspecified atom stereocenters. The zero-order chi connectivity index (χ0) is 47.3. The summed E-state index contributed by atoms with van der Waals surface area (Å²) in [5, 5.41) is 11.2. The van der Waals surface area contributed by atoms with Gasteiger partial charge >= 0.3 is 11.9 Å². The van der Waals surface area contributed by atoms with Crippen LogP contribution in [0.4, 0.5) is 0 Å². The zero-order valence-electron chi connectivity index (χ0n) is 40.7. The molecule has 15 nitrogen and oxygen atoms in total. The van der Waals surface area contributed by atoms with E-state index in [0.717, 1.165) is 56.0 Å². The lowest BCUT2D eigenvalue weighted by molar-refractivity contribution is -0.156. The Hall–Kier alpha value is -3.73. The topological polar surface area (TPSA) is 195 Å². The SMILES string of the molecule is CCOCCNCc1noc([C@H](CCCC2CCCCC2)CC(=O)OC(C)(C)C)n1.Cc1ccc(S(=O)(=O)OCc2noc([C@H](CCCC3CCCCC3)CC(=O)OC(C)(C)C)n2)cc1. The molecule has 2 aliphatic rings. The minimum absolute atomic E-state index is 0.0670. The van der Waals surface area contributed by atoms with Gasteiger partial charge in [-0.2, -0.15) is 18.4 Å². The van der Waals surface area contributed by atoms with Crippen molar-refractivity contribution in [1.29, 1.82) is 0 Å². The molecule has 0 amide bonds. The van der Waals surface area contributed by atoms with Gasteiger partial charge in [0.05, 0.1) is 30.9 Å². The number of aryl methyl sites for hydroxylation is 1. The maximum atomic E-state index is 12.5. The van der Waals surface area contributed by atoms with Crippen molar-refractivity contribution >= 4 is 22.1 Å². The molecule has 16 heteroatoms. The molecule has 65 heavy (non-hydrogen) atoms. The molecule has 1 aromatic carbocycles. The van der Waals surface area contributed by atoms with Crippen LogP contribution in [-0.2, 0) is 51.3 Å². The first-order valence-corrected chi connectivity index (χ1v) is 25.6. The number of rotatable bonds is 24. The molecule has 2 heterocycles. The van der Waals surface area contributed by atoms with Crippen molar-refractivity contribution in [1.82, 2.24) is 25.6 Å². The van der Waals surface area contributed by atoms with E-state index < -0.39 is 21.3 Å². The van der Waals surface area contributed by atoms with Crippen LogP contribution in [0.1, 0.15) is 205 Å². The number of hydrogen-bond donors (Lipinski definition) is 1. The third-order valence-corrected chi connectivity index (χ3v) is 13.0. The fourth-order valence-electron chi connectivity index (χ4n) is 8.44. The van der Waals surface area contributed by atoms with Gasteiger partial charge in [-0.25, -0.2) is 0 Å². The third-order valence-electron chi connectivity index (χ3n) is 11.7. The molecule has 0 aliphatic heterocycles. The Balaban J connectivity index is 0.000000288. The van der Waals surface area contributed by atoms with E-state index in [4.69, 9.17) is 27.4 Å². The van der Waals surface area contributed by atoms with E-state index in [-0.39, 0.29) is 53.9 Å². The van der Waals surface area contributed by atoms with Crippen LogP contribution in [0.25, 0.3) is 0 Å². The average molecular weight is 930 g/mol. The Bertz CT molecular complexity index is 1920. The summed E-state index contributed by atoms with van der Waals surface area (Å²) in [6.45, 7) is 17.3. The normalized spacial score (nSPS) is 16.4. The summed E-state index contributed by atoms with van der Waals surface area (Å²) >= 11 is 0. The highest BCUT2D eigenvalue weighted by molar-refractivity contribution is 7.86. The minimum atomic E-state index is -3.95. The van der Waals surface area contributed by atoms with Gasteiger partial charge in [-0.1, -0.05) is 118 Å². The van der Waals surface area contributed by atoms with Crippen molar-refractivity contribution in [2.24, 2.45) is 11.8 Å². The number of carbonyl (C=O) groups excluding carboxylic acids is 2. The number of benzene rings is 1. The van der Waals surface area contributed by atoms with Crippen LogP contribution in [-0.4, -0.2) is 71.6 Å². The molecule has 366 valence electrons. The molecule has 0 bridgehead atoms. The number of nitrogens with one attached hydrogen (secondary N) is 1. The smallest absolute Gasteiger partial charge is 0.307 e. The molecule has 3 aromatic rings. The first kappa shape index (κ1) is 53.9. The van der Waals surface area contributed by atoms with Gasteiger partial charge in [0.25, 0.3) is 10.1 Å². The number of hydrogen-bond acceptors (Lipinski definition) is 15. The number of ether oxygens (including phenoxy) is 3. The molecule has 0 radical (unpaired) electrons. The third kappa shape index (κ3) is 21.6. The maximum absolute atomic E-state index is 12.5. The number of aromatic nitrogens is 4. The molecule has 5 rings (SSSR count). The van der Waals surface area contributed by atoms with E-state index in [1.807, 2.05) is 55.4 Å². The fourth-order valence-corrected chi connectivity index (χ4v) is 9.31. The molecule has 2 fully saturated rings. The monoisotopic (exact) mass is 930 g/mol. The molecule has 0 spiro atoms. The van der Waals surface area contributed by atoms with E-state index in [2.05, 4.69) is 25.6 Å². The van der Waals surface area contributed by atoms with Crippen molar-refractivity contribution in [2.45, 2.75) is 212 Å². The first-order valence-electron chi connectivity index (χ1n) is 24.2. The lowest BCUT2D eigenvalue weighted by Crippen LogP contribution is -2.25. The van der Waals surface area contributed by atoms with E-state index in [1.165, 1.54) is 82.8 Å². The highest BCUT2D eigenvalue weighted by atomic mass is 32.2. The van der Waals surface area contributed by atoms with Crippen molar-refractivity contribution in [2.75, 3.05) is 19.8 Å². The van der Waals surface area contributed by atoms with E-state index in [0.29, 0.717) is 37.4 Å². The maximum Gasteiger partial charge on any atom is 0.307 e. The molecule has 2 saturated carbocycles. The molecular formula is C49H79N5O10S. The molecular weight excluding hydrogens is 851 g/mol. The van der Waals surface area contributed by atoms with Gasteiger partial charge in [-0.3, -0.25) is 13.8 Å². The van der Waals surface area contributed by atoms with Crippen LogP contribution in [0.15, 0.2) is 38.2 Å². The highest BCUT2D eigenvalue weighted by Crippen LogP contribution is 2.33. The average Bonchev–Trinajstić information content (AvgIpc) is 3.93. The lowest BCUT2D eigenvalue weighted by Gasteiger charge is -2.23. The Morgan fingerprint density at radius 3 is 1.69 bits per heavy atom. The van der Waals surface area contributed by atoms with Crippen molar-refractivity contribution < 1.29 is 45.4 Å². The lowest BCUT2D eigenvalue weighted by atomic mass is 9.84. The van der Waals surface area contributed by atoms with Crippen LogP contribution in [0.3, 0.4) is 0 Å². The van der Waals surface area contributed by atoms with Gasteiger partial charge < -0.3 is 28.6 Å². The van der Waals surface area contributed by atoms with Gasteiger partial charge in [0.2, 0.25) is 11.8 Å². The van der Waals surface area contributed by atoms with Crippen LogP contribution in [0.2, 0.25) is 0 Å². The zero-order valence-corrected chi connectivity index (χ0v) is 41.5. The Kier molecular flexibility index (Phi) is 22.5. The molecule has 2 aliphatic carbocycles. The summed E-state index contributed by atoms with van der Waals surface area (Å²) in [5.41, 5.74) is -0.123. The second-order valence-corrected chi connectivity index (χ2v) is 21.5. The summed E-state index contributed by atoms with van der Waals surface area (Å²) in [6.07, 6.45) is 19.6. The molecule has 2 atom stereocenters. The molecule has 0 saturated heterocycles. The Morgan fingerprint density at radius 2 is 1.22 bits per heavy atom. The second-order valence-electron chi connectivity index (χ2n) is 19.8. The summed E-state index contributed by atoms with van der Waals surface area (Å²) in [7, 11) is -3.95. The largest absolute Gasteiger partial charge is 0.460 e. The van der Waals surface area contributed by atoms with Crippen LogP contribution in [0.5, 0.6) is 0 Å². The van der Waals surface area contributed by atoms with Gasteiger partial charge in [0.15, 0.2) is 11.6 Å². The van der Waals surface area contributed by atoms with Crippen molar-refractivity contribution in [3.63, 3.8) is 0 Å². The fraction of sp³-hybridized carbons (Fsp3) is 0.755. The van der Waals surface area contributed by atoms with Crippen LogP contribution >= 0.6 is 0 Å². The predicted octanol–water partition coefficient (Wildman–Crippen LogP) is 10.6. The minimum Gasteiger partial charge on any atom is -0.460 e. The van der Waals surface area contributed by atoms with Crippen molar-refractivity contribution in [3.05, 3.63) is 53.3 Å². The van der Waals surface area contributed by atoms with E-state index >= 15 is 0 Å². The molecule has 2 aromatic heterocycles. The summed E-state index contributed by atoms with van der Waals surface area (Å²) in [4.78, 5) is 34.0. The summed E-state index contributed by atoms with van der Waals surface area (Å²) < 4.78 is 57.4. The summed E-state index contributed by atoms with van der Waals surface area (Å²) in [6, 6.07) is 6.40. The first-order chi connectivity index (χ1) is 30.9. The second kappa shape index (κ2) is 27.2. The quantitative estimate of drug-likeness (QED) is 0.0506. The van der Waals surface area contributed by atoms with E-state index in [1.54, 1.807) is 12.1 Å².